The van der Waals surface area contributed by atoms with Gasteiger partial charge in [-0.2, -0.15) is 0 Å². The van der Waals surface area contributed by atoms with Crippen LogP contribution in [-0.2, 0) is 11.3 Å². The van der Waals surface area contributed by atoms with Gasteiger partial charge in [0.15, 0.2) is 0 Å². The van der Waals surface area contributed by atoms with Crippen molar-refractivity contribution in [2.75, 3.05) is 19.8 Å². The molecule has 4 heteroatoms. The van der Waals surface area contributed by atoms with E-state index in [0.29, 0.717) is 31.5 Å². The second kappa shape index (κ2) is 5.69. The Kier molecular flexibility index (Phi) is 4.22. The molecule has 1 aliphatic heterocycles. The summed E-state index contributed by atoms with van der Waals surface area (Å²) in [4.78, 5) is 2.24. The maximum absolute atomic E-state index is 9.87. The van der Waals surface area contributed by atoms with Gasteiger partial charge in [0.2, 0.25) is 0 Å². The van der Waals surface area contributed by atoms with Crippen molar-refractivity contribution in [3.8, 4) is 5.75 Å². The van der Waals surface area contributed by atoms with Crippen molar-refractivity contribution in [2.45, 2.75) is 32.5 Å². The number of aliphatic hydroxyl groups excluding tert-OH is 1. The molecule has 0 radical (unpaired) electrons. The number of rotatable bonds is 3. The third-order valence-corrected chi connectivity index (χ3v) is 3.45. The number of nitrogens with zero attached hydrogens (tertiary/aromatic N) is 1. The molecule has 1 saturated heterocycles. The highest BCUT2D eigenvalue weighted by molar-refractivity contribution is 5.35. The summed E-state index contributed by atoms with van der Waals surface area (Å²) in [6, 6.07) is 5.94. The smallest absolute Gasteiger partial charge is 0.120 e. The van der Waals surface area contributed by atoms with E-state index in [4.69, 9.17) is 9.84 Å². The van der Waals surface area contributed by atoms with E-state index in [1.165, 1.54) is 0 Å². The molecular formula is C14H21NO3. The number of aromatic hydroxyl groups is 1. The summed E-state index contributed by atoms with van der Waals surface area (Å²) in [5.74, 6) is 0.333. The number of aryl methyl sites for hydroxylation is 1. The van der Waals surface area contributed by atoms with Gasteiger partial charge in [-0.25, -0.2) is 0 Å². The Balaban J connectivity index is 2.09. The SMILES string of the molecule is Cc1ccc(O)c(CN2CC(CO)OCC2C)c1. The van der Waals surface area contributed by atoms with Gasteiger partial charge in [-0.3, -0.25) is 4.90 Å². The number of ether oxygens (including phenoxy) is 1. The molecule has 1 aliphatic rings. The van der Waals surface area contributed by atoms with Gasteiger partial charge in [0, 0.05) is 24.7 Å². The van der Waals surface area contributed by atoms with E-state index in [-0.39, 0.29) is 12.7 Å². The van der Waals surface area contributed by atoms with Crippen molar-refractivity contribution in [3.05, 3.63) is 29.3 Å². The summed E-state index contributed by atoms with van der Waals surface area (Å²) >= 11 is 0. The molecule has 1 aromatic rings. The summed E-state index contributed by atoms with van der Waals surface area (Å²) in [7, 11) is 0. The van der Waals surface area contributed by atoms with Crippen molar-refractivity contribution in [2.24, 2.45) is 0 Å². The fourth-order valence-corrected chi connectivity index (χ4v) is 2.27. The van der Waals surface area contributed by atoms with E-state index in [2.05, 4.69) is 11.8 Å². The molecule has 2 N–H and O–H groups in total. The van der Waals surface area contributed by atoms with Crippen LogP contribution in [0.15, 0.2) is 18.2 Å². The molecule has 0 spiro atoms. The number of phenolic OH excluding ortho intramolecular Hbond substituents is 1. The molecular weight excluding hydrogens is 230 g/mol. The van der Waals surface area contributed by atoms with Crippen LogP contribution in [0.2, 0.25) is 0 Å². The molecule has 4 nitrogen and oxygen atoms in total. The lowest BCUT2D eigenvalue weighted by Crippen LogP contribution is -2.48. The maximum atomic E-state index is 9.87. The molecule has 0 aliphatic carbocycles. The minimum absolute atomic E-state index is 0.0447. The first-order valence-corrected chi connectivity index (χ1v) is 6.35. The highest BCUT2D eigenvalue weighted by Gasteiger charge is 2.26. The van der Waals surface area contributed by atoms with Crippen molar-refractivity contribution in [3.63, 3.8) is 0 Å². The molecule has 1 fully saturated rings. The first kappa shape index (κ1) is 13.3. The first-order chi connectivity index (χ1) is 8.60. The van der Waals surface area contributed by atoms with Gasteiger partial charge in [-0.05, 0) is 19.9 Å². The quantitative estimate of drug-likeness (QED) is 0.850. The normalized spacial score (nSPS) is 25.3. The van der Waals surface area contributed by atoms with E-state index >= 15 is 0 Å². The van der Waals surface area contributed by atoms with E-state index in [1.54, 1.807) is 6.07 Å². The molecule has 0 aromatic heterocycles. The molecule has 1 heterocycles. The van der Waals surface area contributed by atoms with Crippen LogP contribution in [0.25, 0.3) is 0 Å². The van der Waals surface area contributed by atoms with Gasteiger partial charge in [0.1, 0.15) is 5.75 Å². The predicted octanol–water partition coefficient (Wildman–Crippen LogP) is 1.28. The zero-order valence-corrected chi connectivity index (χ0v) is 11.0. The monoisotopic (exact) mass is 251 g/mol. The lowest BCUT2D eigenvalue weighted by molar-refractivity contribution is -0.0806. The molecule has 2 rings (SSSR count). The molecule has 2 atom stereocenters. The molecule has 0 bridgehead atoms. The summed E-state index contributed by atoms with van der Waals surface area (Å²) in [6.07, 6.45) is -0.117. The zero-order chi connectivity index (χ0) is 13.1. The minimum Gasteiger partial charge on any atom is -0.508 e. The van der Waals surface area contributed by atoms with Crippen LogP contribution < -0.4 is 0 Å². The number of benzene rings is 1. The lowest BCUT2D eigenvalue weighted by Gasteiger charge is -2.37. The second-order valence-electron chi connectivity index (χ2n) is 5.05. The molecule has 0 amide bonds. The van der Waals surface area contributed by atoms with Gasteiger partial charge in [0.05, 0.1) is 19.3 Å². The highest BCUT2D eigenvalue weighted by atomic mass is 16.5. The molecule has 18 heavy (non-hydrogen) atoms. The van der Waals surface area contributed by atoms with Crippen molar-refractivity contribution >= 4 is 0 Å². The van der Waals surface area contributed by atoms with E-state index in [1.807, 2.05) is 19.1 Å². The van der Waals surface area contributed by atoms with Crippen LogP contribution in [0.4, 0.5) is 0 Å². The molecule has 0 saturated carbocycles. The van der Waals surface area contributed by atoms with Gasteiger partial charge in [0.25, 0.3) is 0 Å². The number of aliphatic hydroxyl groups is 1. The number of hydrogen-bond donors (Lipinski definition) is 2. The highest BCUT2D eigenvalue weighted by Crippen LogP contribution is 2.22. The Morgan fingerprint density at radius 1 is 1.44 bits per heavy atom. The van der Waals surface area contributed by atoms with Gasteiger partial charge in [-0.1, -0.05) is 17.7 Å². The number of phenols is 1. The Labute approximate surface area is 108 Å². The third-order valence-electron chi connectivity index (χ3n) is 3.45. The Bertz CT molecular complexity index is 408. The lowest BCUT2D eigenvalue weighted by atomic mass is 10.1. The Hall–Kier alpha value is -1.10. The van der Waals surface area contributed by atoms with Gasteiger partial charge in [-0.15, -0.1) is 0 Å². The fourth-order valence-electron chi connectivity index (χ4n) is 2.27. The minimum atomic E-state index is -0.117. The molecule has 1 aromatic carbocycles. The predicted molar refractivity (Wildman–Crippen MR) is 69.5 cm³/mol. The number of hydrogen-bond acceptors (Lipinski definition) is 4. The number of morpholine rings is 1. The fraction of sp³-hybridized carbons (Fsp3) is 0.571. The Morgan fingerprint density at radius 2 is 2.22 bits per heavy atom. The van der Waals surface area contributed by atoms with Crippen LogP contribution in [-0.4, -0.2) is 47.0 Å². The van der Waals surface area contributed by atoms with Crippen LogP contribution in [0.5, 0.6) is 5.75 Å². The van der Waals surface area contributed by atoms with E-state index in [9.17, 15) is 5.11 Å². The second-order valence-corrected chi connectivity index (χ2v) is 5.05. The van der Waals surface area contributed by atoms with Crippen molar-refractivity contribution < 1.29 is 14.9 Å². The summed E-state index contributed by atoms with van der Waals surface area (Å²) in [5, 5.41) is 19.0. The van der Waals surface area contributed by atoms with Crippen LogP contribution in [0.3, 0.4) is 0 Å². The maximum Gasteiger partial charge on any atom is 0.120 e. The summed E-state index contributed by atoms with van der Waals surface area (Å²) in [6.45, 7) is 6.17. The van der Waals surface area contributed by atoms with Gasteiger partial charge >= 0.3 is 0 Å². The molecule has 2 unspecified atom stereocenters. The third kappa shape index (κ3) is 3.02. The summed E-state index contributed by atoms with van der Waals surface area (Å²) < 4.78 is 5.51. The first-order valence-electron chi connectivity index (χ1n) is 6.35. The average Bonchev–Trinajstić information content (AvgIpc) is 2.36. The average molecular weight is 251 g/mol. The standard InChI is InChI=1S/C14H21NO3/c1-10-3-4-14(17)12(5-10)6-15-7-13(8-16)18-9-11(15)2/h3-5,11,13,16-17H,6-9H2,1-2H3. The van der Waals surface area contributed by atoms with Crippen LogP contribution in [0, 0.1) is 6.92 Å². The molecule has 100 valence electrons. The van der Waals surface area contributed by atoms with Crippen LogP contribution in [0.1, 0.15) is 18.1 Å². The largest absolute Gasteiger partial charge is 0.508 e. The van der Waals surface area contributed by atoms with Gasteiger partial charge < -0.3 is 14.9 Å². The van der Waals surface area contributed by atoms with Crippen molar-refractivity contribution in [1.29, 1.82) is 0 Å². The van der Waals surface area contributed by atoms with Crippen LogP contribution >= 0.6 is 0 Å². The zero-order valence-electron chi connectivity index (χ0n) is 11.0. The summed E-state index contributed by atoms with van der Waals surface area (Å²) in [5.41, 5.74) is 2.07. The van der Waals surface area contributed by atoms with E-state index in [0.717, 1.165) is 11.1 Å². The topological polar surface area (TPSA) is 52.9 Å². The van der Waals surface area contributed by atoms with E-state index < -0.39 is 0 Å². The van der Waals surface area contributed by atoms with Crippen molar-refractivity contribution in [1.82, 2.24) is 4.90 Å². The Morgan fingerprint density at radius 3 is 2.94 bits per heavy atom.